The molecule has 2 aromatic heterocycles. The van der Waals surface area contributed by atoms with Crippen molar-refractivity contribution in [1.82, 2.24) is 9.97 Å². The zero-order chi connectivity index (χ0) is 13.2. The quantitative estimate of drug-likeness (QED) is 0.877. The number of aromatic nitrogens is 2. The second-order valence-electron chi connectivity index (χ2n) is 3.64. The van der Waals surface area contributed by atoms with E-state index >= 15 is 0 Å². The zero-order valence-electron chi connectivity index (χ0n) is 9.46. The van der Waals surface area contributed by atoms with Crippen molar-refractivity contribution >= 4 is 27.4 Å². The van der Waals surface area contributed by atoms with E-state index in [1.165, 1.54) is 24.5 Å². The third kappa shape index (κ3) is 2.96. The number of pyridine rings is 2. The van der Waals surface area contributed by atoms with E-state index in [0.29, 0.717) is 0 Å². The SMILES string of the molecule is Cc1ccnc(NS(=O)(=O)c2ccnc(Cl)c2)c1. The maximum atomic E-state index is 12.0. The number of hydrogen-bond donors (Lipinski definition) is 1. The summed E-state index contributed by atoms with van der Waals surface area (Å²) in [6, 6.07) is 6.06. The van der Waals surface area contributed by atoms with Crippen LogP contribution in [0.3, 0.4) is 0 Å². The lowest BCUT2D eigenvalue weighted by molar-refractivity contribution is 0.601. The van der Waals surface area contributed by atoms with Gasteiger partial charge in [0.05, 0.1) is 4.90 Å². The number of nitrogens with one attached hydrogen (secondary N) is 1. The maximum Gasteiger partial charge on any atom is 0.263 e. The molecule has 18 heavy (non-hydrogen) atoms. The Morgan fingerprint density at radius 3 is 2.56 bits per heavy atom. The number of anilines is 1. The van der Waals surface area contributed by atoms with E-state index in [2.05, 4.69) is 14.7 Å². The maximum absolute atomic E-state index is 12.0. The number of nitrogens with zero attached hydrogens (tertiary/aromatic N) is 2. The van der Waals surface area contributed by atoms with Gasteiger partial charge in [0.2, 0.25) is 0 Å². The monoisotopic (exact) mass is 283 g/mol. The van der Waals surface area contributed by atoms with Crippen LogP contribution >= 0.6 is 11.6 Å². The summed E-state index contributed by atoms with van der Waals surface area (Å²) in [5.41, 5.74) is 0.912. The summed E-state index contributed by atoms with van der Waals surface area (Å²) in [7, 11) is -3.69. The second kappa shape index (κ2) is 4.91. The predicted molar refractivity (Wildman–Crippen MR) is 69.0 cm³/mol. The van der Waals surface area contributed by atoms with Gasteiger partial charge >= 0.3 is 0 Å². The first kappa shape index (κ1) is 12.8. The Hall–Kier alpha value is -1.66. The predicted octanol–water partition coefficient (Wildman–Crippen LogP) is 2.24. The van der Waals surface area contributed by atoms with Crippen LogP contribution in [0, 0.1) is 6.92 Å². The molecule has 2 heterocycles. The van der Waals surface area contributed by atoms with Crippen LogP contribution in [-0.4, -0.2) is 18.4 Å². The molecule has 0 aliphatic rings. The fourth-order valence-corrected chi connectivity index (χ4v) is 2.59. The summed E-state index contributed by atoms with van der Waals surface area (Å²) >= 11 is 5.66. The molecule has 0 aromatic carbocycles. The highest BCUT2D eigenvalue weighted by Crippen LogP contribution is 2.16. The van der Waals surface area contributed by atoms with Crippen molar-refractivity contribution in [3.63, 3.8) is 0 Å². The normalized spacial score (nSPS) is 11.2. The standard InChI is InChI=1S/C11H10ClN3O2S/c1-8-2-4-14-11(6-8)15-18(16,17)9-3-5-13-10(12)7-9/h2-7H,1H3,(H,14,15). The van der Waals surface area contributed by atoms with Crippen molar-refractivity contribution < 1.29 is 8.42 Å². The van der Waals surface area contributed by atoms with Gasteiger partial charge < -0.3 is 0 Å². The molecule has 0 saturated carbocycles. The highest BCUT2D eigenvalue weighted by Gasteiger charge is 2.15. The van der Waals surface area contributed by atoms with Gasteiger partial charge in [-0.25, -0.2) is 18.4 Å². The van der Waals surface area contributed by atoms with Crippen molar-refractivity contribution in [2.24, 2.45) is 0 Å². The van der Waals surface area contributed by atoms with E-state index in [4.69, 9.17) is 11.6 Å². The molecule has 94 valence electrons. The molecule has 1 N–H and O–H groups in total. The molecule has 0 aliphatic carbocycles. The smallest absolute Gasteiger partial charge is 0.263 e. The van der Waals surface area contributed by atoms with Crippen LogP contribution in [-0.2, 0) is 10.0 Å². The van der Waals surface area contributed by atoms with Crippen molar-refractivity contribution in [3.8, 4) is 0 Å². The Morgan fingerprint density at radius 2 is 1.89 bits per heavy atom. The van der Waals surface area contributed by atoms with E-state index < -0.39 is 10.0 Å². The minimum Gasteiger partial charge on any atom is -0.263 e. The van der Waals surface area contributed by atoms with Gasteiger partial charge in [-0.2, -0.15) is 0 Å². The molecule has 0 bridgehead atoms. The Balaban J connectivity index is 2.33. The highest BCUT2D eigenvalue weighted by molar-refractivity contribution is 7.92. The van der Waals surface area contributed by atoms with Crippen molar-refractivity contribution in [2.45, 2.75) is 11.8 Å². The molecule has 2 aromatic rings. The summed E-state index contributed by atoms with van der Waals surface area (Å²) in [6.07, 6.45) is 2.87. The first-order valence-electron chi connectivity index (χ1n) is 5.04. The minimum absolute atomic E-state index is 0.0470. The largest absolute Gasteiger partial charge is 0.263 e. The van der Waals surface area contributed by atoms with Gasteiger partial charge in [-0.15, -0.1) is 0 Å². The van der Waals surface area contributed by atoms with Gasteiger partial charge in [-0.3, -0.25) is 4.72 Å². The molecule has 0 unspecified atom stereocenters. The van der Waals surface area contributed by atoms with Crippen molar-refractivity contribution in [3.05, 3.63) is 47.4 Å². The summed E-state index contributed by atoms with van der Waals surface area (Å²) in [4.78, 5) is 7.71. The lowest BCUT2D eigenvalue weighted by Gasteiger charge is -2.07. The molecule has 0 fully saturated rings. The van der Waals surface area contributed by atoms with Crippen LogP contribution < -0.4 is 4.72 Å². The van der Waals surface area contributed by atoms with Crippen LogP contribution in [0.25, 0.3) is 0 Å². The third-order valence-corrected chi connectivity index (χ3v) is 3.72. The molecular weight excluding hydrogens is 274 g/mol. The van der Waals surface area contributed by atoms with Crippen LogP contribution in [0.4, 0.5) is 5.82 Å². The lowest BCUT2D eigenvalue weighted by atomic mass is 10.3. The average Bonchev–Trinajstić information content (AvgIpc) is 2.28. The van der Waals surface area contributed by atoms with Crippen LogP contribution in [0.15, 0.2) is 41.6 Å². The summed E-state index contributed by atoms with van der Waals surface area (Å²) in [5.74, 6) is 0.267. The van der Waals surface area contributed by atoms with E-state index in [9.17, 15) is 8.42 Å². The highest BCUT2D eigenvalue weighted by atomic mass is 35.5. The molecule has 0 atom stereocenters. The van der Waals surface area contributed by atoms with E-state index in [1.807, 2.05) is 6.92 Å². The number of sulfonamides is 1. The molecule has 2 rings (SSSR count). The zero-order valence-corrected chi connectivity index (χ0v) is 11.0. The Kier molecular flexibility index (Phi) is 3.49. The Bertz CT molecular complexity index is 673. The van der Waals surface area contributed by atoms with Crippen molar-refractivity contribution in [2.75, 3.05) is 4.72 Å². The molecule has 0 amide bonds. The fourth-order valence-electron chi connectivity index (χ4n) is 1.34. The number of hydrogen-bond acceptors (Lipinski definition) is 4. The first-order chi connectivity index (χ1) is 8.47. The van der Waals surface area contributed by atoms with E-state index in [0.717, 1.165) is 5.56 Å². The van der Waals surface area contributed by atoms with Gasteiger partial charge in [-0.1, -0.05) is 11.6 Å². The van der Waals surface area contributed by atoms with E-state index in [-0.39, 0.29) is 15.9 Å². The summed E-state index contributed by atoms with van der Waals surface area (Å²) in [5, 5.41) is 0.120. The molecule has 0 spiro atoms. The number of halogens is 1. The van der Waals surface area contributed by atoms with Crippen LogP contribution in [0.5, 0.6) is 0 Å². The molecule has 7 heteroatoms. The Labute approximate surface area is 110 Å². The summed E-state index contributed by atoms with van der Waals surface area (Å²) < 4.78 is 26.4. The van der Waals surface area contributed by atoms with Crippen LogP contribution in [0.2, 0.25) is 5.15 Å². The first-order valence-corrected chi connectivity index (χ1v) is 6.90. The van der Waals surface area contributed by atoms with Gasteiger partial charge in [-0.05, 0) is 36.8 Å². The fraction of sp³-hybridized carbons (Fsp3) is 0.0909. The third-order valence-electron chi connectivity index (χ3n) is 2.16. The molecule has 5 nitrogen and oxygen atoms in total. The molecule has 0 saturated heterocycles. The van der Waals surface area contributed by atoms with E-state index in [1.54, 1.807) is 12.1 Å². The molecular formula is C11H10ClN3O2S. The van der Waals surface area contributed by atoms with Crippen molar-refractivity contribution in [1.29, 1.82) is 0 Å². The van der Waals surface area contributed by atoms with Gasteiger partial charge in [0.25, 0.3) is 10.0 Å². The van der Waals surface area contributed by atoms with Crippen LogP contribution in [0.1, 0.15) is 5.56 Å². The van der Waals surface area contributed by atoms with Gasteiger partial charge in [0.1, 0.15) is 11.0 Å². The topological polar surface area (TPSA) is 72.0 Å². The Morgan fingerprint density at radius 1 is 1.17 bits per heavy atom. The number of rotatable bonds is 3. The average molecular weight is 284 g/mol. The lowest BCUT2D eigenvalue weighted by Crippen LogP contribution is -2.14. The number of aryl methyl sites for hydroxylation is 1. The second-order valence-corrected chi connectivity index (χ2v) is 5.71. The summed E-state index contributed by atoms with van der Waals surface area (Å²) in [6.45, 7) is 1.85. The van der Waals surface area contributed by atoms with Gasteiger partial charge in [0.15, 0.2) is 0 Å². The van der Waals surface area contributed by atoms with Gasteiger partial charge in [0, 0.05) is 12.4 Å². The molecule has 0 aliphatic heterocycles. The molecule has 0 radical (unpaired) electrons. The minimum atomic E-state index is -3.69.